The van der Waals surface area contributed by atoms with Crippen molar-refractivity contribution >= 4 is 51.0 Å². The third-order valence-corrected chi connectivity index (χ3v) is 11.4. The van der Waals surface area contributed by atoms with Gasteiger partial charge in [0.25, 0.3) is 0 Å². The lowest BCUT2D eigenvalue weighted by Gasteiger charge is -2.30. The Bertz CT molecular complexity index is 2730. The fraction of sp³-hybridized carbons (Fsp3) is 0.172. The maximum atomic E-state index is 9.14. The number of nitriles is 1. The lowest BCUT2D eigenvalue weighted by molar-refractivity contribution is 0.306. The number of hydrogen-bond donors (Lipinski definition) is 4. The SMILES string of the molecule is CC(C)(C)CNNC1=C(c2ccc(N(c3ccccc3)c3ccccc3)cc2)C/C(=N\NCCCCOc2ccc(C#N)cc2)C(c2ccc(N(c3ccccc3)c3ccccc3)cc2)=C1N. The molecule has 5 N–H and O–H groups in total. The first-order valence-electron chi connectivity index (χ1n) is 22.9. The minimum absolute atomic E-state index is 0.0203. The Hall–Kier alpha value is -8.06. The number of benzene rings is 7. The van der Waals surface area contributed by atoms with Gasteiger partial charge in [0, 0.05) is 59.2 Å². The van der Waals surface area contributed by atoms with Crippen LogP contribution in [0.25, 0.3) is 11.1 Å². The van der Waals surface area contributed by atoms with Crippen molar-refractivity contribution in [3.8, 4) is 11.8 Å². The van der Waals surface area contributed by atoms with Crippen molar-refractivity contribution < 1.29 is 4.74 Å². The summed E-state index contributed by atoms with van der Waals surface area (Å²) in [6.45, 7) is 8.54. The molecule has 0 saturated heterocycles. The third-order valence-electron chi connectivity index (χ3n) is 11.4. The molecule has 0 atom stereocenters. The lowest BCUT2D eigenvalue weighted by Crippen LogP contribution is -2.40. The summed E-state index contributed by atoms with van der Waals surface area (Å²) in [5, 5.41) is 14.3. The number of ether oxygens (including phenoxy) is 1. The van der Waals surface area contributed by atoms with E-state index in [0.29, 0.717) is 30.8 Å². The van der Waals surface area contributed by atoms with E-state index in [4.69, 9.17) is 20.8 Å². The molecule has 0 spiro atoms. The van der Waals surface area contributed by atoms with Gasteiger partial charge in [-0.25, -0.2) is 5.43 Å². The zero-order chi connectivity index (χ0) is 46.4. The van der Waals surface area contributed by atoms with E-state index in [1.807, 2.05) is 36.4 Å². The third kappa shape index (κ3) is 11.6. The van der Waals surface area contributed by atoms with E-state index in [9.17, 15) is 0 Å². The molecule has 0 aromatic heterocycles. The van der Waals surface area contributed by atoms with Gasteiger partial charge in [-0.1, -0.05) is 118 Å². The number of nitrogens with zero attached hydrogens (tertiary/aromatic N) is 4. The molecule has 1 aliphatic carbocycles. The molecule has 0 saturated carbocycles. The highest BCUT2D eigenvalue weighted by atomic mass is 16.5. The van der Waals surface area contributed by atoms with Gasteiger partial charge in [0.05, 0.1) is 35.3 Å². The Morgan fingerprint density at radius 1 is 0.597 bits per heavy atom. The number of nitrogens with one attached hydrogen (secondary N) is 3. The highest BCUT2D eigenvalue weighted by molar-refractivity contribution is 6.29. The van der Waals surface area contributed by atoms with Gasteiger partial charge in [0.2, 0.25) is 0 Å². The smallest absolute Gasteiger partial charge is 0.119 e. The van der Waals surface area contributed by atoms with Crippen molar-refractivity contribution in [3.05, 3.63) is 222 Å². The van der Waals surface area contributed by atoms with Crippen LogP contribution in [0.4, 0.5) is 34.1 Å². The molecule has 336 valence electrons. The normalized spacial score (nSPS) is 13.3. The Kier molecular flexibility index (Phi) is 14.8. The van der Waals surface area contributed by atoms with Gasteiger partial charge in [0.1, 0.15) is 5.75 Å². The van der Waals surface area contributed by atoms with Crippen molar-refractivity contribution in [2.45, 2.75) is 40.0 Å². The van der Waals surface area contributed by atoms with E-state index in [1.165, 1.54) is 0 Å². The number of rotatable bonds is 18. The highest BCUT2D eigenvalue weighted by Crippen LogP contribution is 2.40. The average Bonchev–Trinajstić information content (AvgIpc) is 3.36. The number of anilines is 6. The van der Waals surface area contributed by atoms with Crippen molar-refractivity contribution in [1.82, 2.24) is 16.3 Å². The predicted octanol–water partition coefficient (Wildman–Crippen LogP) is 12.9. The summed E-state index contributed by atoms with van der Waals surface area (Å²) in [7, 11) is 0. The monoisotopic (exact) mass is 882 g/mol. The Morgan fingerprint density at radius 2 is 1.06 bits per heavy atom. The fourth-order valence-electron chi connectivity index (χ4n) is 8.06. The summed E-state index contributed by atoms with van der Waals surface area (Å²) in [6.07, 6.45) is 2.20. The molecule has 0 aliphatic heterocycles. The molecule has 0 unspecified atom stereocenters. The van der Waals surface area contributed by atoms with Gasteiger partial charge in [-0.05, 0) is 132 Å². The largest absolute Gasteiger partial charge is 0.494 e. The zero-order valence-electron chi connectivity index (χ0n) is 38.5. The first kappa shape index (κ1) is 45.5. The summed E-state index contributed by atoms with van der Waals surface area (Å²) >= 11 is 0. The van der Waals surface area contributed by atoms with E-state index >= 15 is 0 Å². The van der Waals surface area contributed by atoms with E-state index in [1.54, 1.807) is 12.1 Å². The van der Waals surface area contributed by atoms with Crippen molar-refractivity contribution in [3.63, 3.8) is 0 Å². The number of hydrazone groups is 1. The Morgan fingerprint density at radius 3 is 1.52 bits per heavy atom. The molecule has 0 radical (unpaired) electrons. The maximum absolute atomic E-state index is 9.14. The van der Waals surface area contributed by atoms with Crippen LogP contribution in [0.5, 0.6) is 5.75 Å². The van der Waals surface area contributed by atoms with Crippen molar-refractivity contribution in [1.29, 1.82) is 5.26 Å². The predicted molar refractivity (Wildman–Crippen MR) is 277 cm³/mol. The number of allylic oxidation sites excluding steroid dienone is 2. The average molecular weight is 883 g/mol. The van der Waals surface area contributed by atoms with Gasteiger partial charge >= 0.3 is 0 Å². The van der Waals surface area contributed by atoms with Gasteiger partial charge in [-0.2, -0.15) is 10.4 Å². The maximum Gasteiger partial charge on any atom is 0.119 e. The Balaban J connectivity index is 1.14. The molecular formula is C58H58N8O. The van der Waals surface area contributed by atoms with Crippen LogP contribution >= 0.6 is 0 Å². The van der Waals surface area contributed by atoms with E-state index < -0.39 is 0 Å². The molecule has 7 aromatic carbocycles. The van der Waals surface area contributed by atoms with Crippen molar-refractivity contribution in [2.75, 3.05) is 29.5 Å². The van der Waals surface area contributed by atoms with E-state index in [-0.39, 0.29) is 5.41 Å². The number of hydrazine groups is 1. The van der Waals surface area contributed by atoms with Crippen LogP contribution in [-0.4, -0.2) is 25.4 Å². The van der Waals surface area contributed by atoms with Crippen LogP contribution in [0, 0.1) is 16.7 Å². The molecule has 7 aromatic rings. The Labute approximate surface area is 395 Å². The summed E-state index contributed by atoms with van der Waals surface area (Å²) in [5.74, 6) is 0.753. The number of para-hydroxylation sites is 4. The molecular weight excluding hydrogens is 825 g/mol. The first-order chi connectivity index (χ1) is 32.8. The molecule has 0 heterocycles. The molecule has 9 heteroatoms. The van der Waals surface area contributed by atoms with Crippen LogP contribution in [0.3, 0.4) is 0 Å². The second-order valence-corrected chi connectivity index (χ2v) is 17.6. The second-order valence-electron chi connectivity index (χ2n) is 17.6. The van der Waals surface area contributed by atoms with Gasteiger partial charge in [-0.15, -0.1) is 0 Å². The molecule has 1 aliphatic rings. The van der Waals surface area contributed by atoms with Gasteiger partial charge in [-0.3, -0.25) is 0 Å². The van der Waals surface area contributed by atoms with Crippen LogP contribution in [0.2, 0.25) is 0 Å². The van der Waals surface area contributed by atoms with E-state index in [0.717, 1.165) is 92.9 Å². The minimum Gasteiger partial charge on any atom is -0.494 e. The molecule has 67 heavy (non-hydrogen) atoms. The fourth-order valence-corrected chi connectivity index (χ4v) is 8.06. The summed E-state index contributed by atoms with van der Waals surface area (Å²) in [5.41, 5.74) is 31.1. The quantitative estimate of drug-likeness (QED) is 0.0498. The second kappa shape index (κ2) is 21.7. The van der Waals surface area contributed by atoms with E-state index in [2.05, 4.69) is 199 Å². The molecule has 0 fully saturated rings. The number of hydrogen-bond acceptors (Lipinski definition) is 9. The van der Waals surface area contributed by atoms with Gasteiger partial charge < -0.3 is 31.1 Å². The van der Waals surface area contributed by atoms with Crippen LogP contribution < -0.4 is 36.5 Å². The van der Waals surface area contributed by atoms with Gasteiger partial charge in [0.15, 0.2) is 0 Å². The summed E-state index contributed by atoms with van der Waals surface area (Å²) < 4.78 is 5.95. The van der Waals surface area contributed by atoms with Crippen molar-refractivity contribution in [2.24, 2.45) is 16.3 Å². The number of nitrogens with two attached hydrogens (primary N) is 1. The summed E-state index contributed by atoms with van der Waals surface area (Å²) in [6, 6.07) is 68.4. The number of unbranched alkanes of at least 4 members (excludes halogenated alkanes) is 1. The van der Waals surface area contributed by atoms with Crippen LogP contribution in [-0.2, 0) is 0 Å². The molecule has 0 amide bonds. The topological polar surface area (TPSA) is 114 Å². The zero-order valence-corrected chi connectivity index (χ0v) is 38.5. The van der Waals surface area contributed by atoms with Crippen LogP contribution in [0.15, 0.2) is 211 Å². The highest BCUT2D eigenvalue weighted by Gasteiger charge is 2.28. The summed E-state index contributed by atoms with van der Waals surface area (Å²) in [4.78, 5) is 4.52. The minimum atomic E-state index is 0.0203. The molecule has 9 nitrogen and oxygen atoms in total. The molecule has 0 bridgehead atoms. The lowest BCUT2D eigenvalue weighted by atomic mass is 9.84. The van der Waals surface area contributed by atoms with Crippen LogP contribution in [0.1, 0.15) is 56.7 Å². The molecule has 8 rings (SSSR count). The first-order valence-corrected chi connectivity index (χ1v) is 22.9. The standard InChI is InChI=1S/C58H58N8O/c1-58(2,3)42-62-64-57-53(44-28-32-50(33-29-44)65(46-18-8-4-9-19-46)47-20-10-5-11-21-47)40-54(63-61-38-16-17-39-67-52-36-26-43(41-59)27-37-52)55(56(57)60)45-30-34-51(35-31-45)66(48-22-12-6-13-23-48)49-24-14-7-15-25-49/h4-15,18-37,61-62,64H,16-17,38-40,42,60H2,1-3H3/b63-54+.